The topological polar surface area (TPSA) is 124 Å². The second-order valence-corrected chi connectivity index (χ2v) is 8.68. The van der Waals surface area contributed by atoms with Crippen molar-refractivity contribution in [3.05, 3.63) is 90.0 Å². The highest BCUT2D eigenvalue weighted by Gasteiger charge is 2.19. The van der Waals surface area contributed by atoms with Gasteiger partial charge in [-0.2, -0.15) is 0 Å². The maximum absolute atomic E-state index is 13.5. The van der Waals surface area contributed by atoms with Crippen LogP contribution in [0.2, 0.25) is 0 Å². The number of aryl methyl sites for hydroxylation is 1. The van der Waals surface area contributed by atoms with Gasteiger partial charge in [-0.05, 0) is 47.4 Å². The maximum Gasteiger partial charge on any atom is 0.305 e. The van der Waals surface area contributed by atoms with Crippen LogP contribution >= 0.6 is 0 Å². The van der Waals surface area contributed by atoms with Crippen LogP contribution in [-0.4, -0.2) is 39.4 Å². The molecular weight excluding hydrogens is 475 g/mol. The Morgan fingerprint density at radius 3 is 2.46 bits per heavy atom. The molecule has 1 atom stereocenters. The van der Waals surface area contributed by atoms with Gasteiger partial charge in [0.15, 0.2) is 0 Å². The van der Waals surface area contributed by atoms with E-state index in [0.717, 1.165) is 22.4 Å². The molecule has 3 aromatic carbocycles. The highest BCUT2D eigenvalue weighted by atomic mass is 19.1. The van der Waals surface area contributed by atoms with Gasteiger partial charge in [0.1, 0.15) is 11.6 Å². The molecule has 4 N–H and O–H groups in total. The predicted octanol–water partition coefficient (Wildman–Crippen LogP) is 4.14. The van der Waals surface area contributed by atoms with Crippen LogP contribution in [0.1, 0.15) is 36.7 Å². The zero-order valence-corrected chi connectivity index (χ0v) is 20.0. The zero-order chi connectivity index (χ0) is 26.2. The van der Waals surface area contributed by atoms with E-state index in [1.807, 2.05) is 24.3 Å². The van der Waals surface area contributed by atoms with Crippen LogP contribution in [0.25, 0.3) is 22.2 Å². The number of hydrogen-bond acceptors (Lipinski definition) is 4. The molecule has 9 heteroatoms. The van der Waals surface area contributed by atoms with Crippen LogP contribution in [0, 0.1) is 5.82 Å². The number of halogens is 1. The molecule has 1 aromatic heterocycles. The van der Waals surface area contributed by atoms with Crippen molar-refractivity contribution in [1.82, 2.24) is 20.6 Å². The van der Waals surface area contributed by atoms with Crippen LogP contribution in [0.15, 0.2) is 72.8 Å². The van der Waals surface area contributed by atoms with Gasteiger partial charge < -0.3 is 20.7 Å². The lowest BCUT2D eigenvalue weighted by Gasteiger charge is -2.18. The van der Waals surface area contributed by atoms with E-state index in [9.17, 15) is 23.9 Å². The number of carboxylic acids is 1. The summed E-state index contributed by atoms with van der Waals surface area (Å²) in [4.78, 5) is 43.7. The van der Waals surface area contributed by atoms with E-state index in [4.69, 9.17) is 0 Å². The van der Waals surface area contributed by atoms with Crippen molar-refractivity contribution in [3.8, 4) is 11.1 Å². The monoisotopic (exact) mass is 502 g/mol. The van der Waals surface area contributed by atoms with E-state index < -0.39 is 17.9 Å². The number of benzene rings is 3. The summed E-state index contributed by atoms with van der Waals surface area (Å²) in [6.45, 7) is -0.263. The molecule has 0 saturated carbocycles. The van der Waals surface area contributed by atoms with Crippen molar-refractivity contribution in [2.75, 3.05) is 6.54 Å². The number of aliphatic carboxylic acids is 1. The summed E-state index contributed by atoms with van der Waals surface area (Å²) in [6, 6.07) is 19.9. The number of aromatic amines is 1. The quantitative estimate of drug-likeness (QED) is 0.245. The minimum absolute atomic E-state index is 0.227. The summed E-state index contributed by atoms with van der Waals surface area (Å²) >= 11 is 0. The molecule has 0 aliphatic heterocycles. The Morgan fingerprint density at radius 1 is 0.946 bits per heavy atom. The first-order valence-corrected chi connectivity index (χ1v) is 11.9. The lowest BCUT2D eigenvalue weighted by Crippen LogP contribution is -2.39. The number of nitrogens with zero attached hydrogens (tertiary/aromatic N) is 1. The van der Waals surface area contributed by atoms with E-state index in [0.29, 0.717) is 24.0 Å². The molecule has 1 unspecified atom stereocenters. The molecule has 37 heavy (non-hydrogen) atoms. The molecule has 0 aliphatic rings. The first-order chi connectivity index (χ1) is 17.9. The van der Waals surface area contributed by atoms with E-state index in [-0.39, 0.29) is 31.1 Å². The number of carbonyl (C=O) groups is 3. The van der Waals surface area contributed by atoms with Crippen molar-refractivity contribution in [2.45, 2.75) is 31.7 Å². The van der Waals surface area contributed by atoms with E-state index in [2.05, 4.69) is 20.6 Å². The number of hydrogen-bond donors (Lipinski definition) is 4. The third-order valence-electron chi connectivity index (χ3n) is 5.89. The number of para-hydroxylation sites is 2. The number of rotatable bonds is 11. The molecule has 4 aromatic rings. The Kier molecular flexibility index (Phi) is 8.25. The molecule has 0 fully saturated rings. The van der Waals surface area contributed by atoms with Crippen molar-refractivity contribution < 1.29 is 23.9 Å². The van der Waals surface area contributed by atoms with Gasteiger partial charge in [-0.15, -0.1) is 0 Å². The minimum Gasteiger partial charge on any atom is -0.481 e. The molecule has 4 rings (SSSR count). The normalized spacial score (nSPS) is 11.7. The van der Waals surface area contributed by atoms with Crippen LogP contribution < -0.4 is 10.6 Å². The Bertz CT molecular complexity index is 1370. The lowest BCUT2D eigenvalue weighted by atomic mass is 9.99. The van der Waals surface area contributed by atoms with Gasteiger partial charge in [0.2, 0.25) is 11.8 Å². The summed E-state index contributed by atoms with van der Waals surface area (Å²) in [5.41, 5.74) is 3.86. The fourth-order valence-electron chi connectivity index (χ4n) is 4.06. The largest absolute Gasteiger partial charge is 0.481 e. The van der Waals surface area contributed by atoms with E-state index in [1.165, 1.54) is 12.1 Å². The number of imidazole rings is 1. The Balaban J connectivity index is 1.27. The first kappa shape index (κ1) is 25.6. The number of carboxylic acid groups (broad SMARTS) is 1. The molecule has 0 spiro atoms. The SMILES string of the molecule is O=C(O)CC(NC(=O)CNC(=O)CCCc1nc2ccccc2[nH]1)c1ccc(-c2cccc(F)c2)cc1. The third-order valence-corrected chi connectivity index (χ3v) is 5.89. The fraction of sp³-hybridized carbons (Fsp3) is 0.214. The number of H-pyrrole nitrogens is 1. The van der Waals surface area contributed by atoms with Crippen LogP contribution in [-0.2, 0) is 20.8 Å². The number of nitrogens with one attached hydrogen (secondary N) is 3. The number of fused-ring (bicyclic) bond motifs is 1. The van der Waals surface area contributed by atoms with Crippen molar-refractivity contribution in [2.24, 2.45) is 0 Å². The van der Waals surface area contributed by atoms with Gasteiger partial charge in [0, 0.05) is 12.8 Å². The fourth-order valence-corrected chi connectivity index (χ4v) is 4.06. The first-order valence-electron chi connectivity index (χ1n) is 11.9. The molecule has 0 bridgehead atoms. The number of aromatic nitrogens is 2. The summed E-state index contributed by atoms with van der Waals surface area (Å²) in [6.07, 6.45) is 1.06. The molecular formula is C28H27FN4O4. The molecule has 2 amide bonds. The molecule has 0 aliphatic carbocycles. The lowest BCUT2D eigenvalue weighted by molar-refractivity contribution is -0.138. The molecule has 8 nitrogen and oxygen atoms in total. The summed E-state index contributed by atoms with van der Waals surface area (Å²) in [5, 5.41) is 14.6. The average Bonchev–Trinajstić information content (AvgIpc) is 3.30. The molecule has 1 heterocycles. The van der Waals surface area contributed by atoms with Gasteiger partial charge in [-0.25, -0.2) is 9.37 Å². The van der Waals surface area contributed by atoms with E-state index >= 15 is 0 Å². The number of carbonyl (C=O) groups excluding carboxylic acids is 2. The van der Waals surface area contributed by atoms with Crippen LogP contribution in [0.3, 0.4) is 0 Å². The average molecular weight is 503 g/mol. The van der Waals surface area contributed by atoms with Crippen LogP contribution in [0.5, 0.6) is 0 Å². The Hall–Kier alpha value is -4.53. The Morgan fingerprint density at radius 2 is 1.73 bits per heavy atom. The number of amides is 2. The van der Waals surface area contributed by atoms with Crippen molar-refractivity contribution in [1.29, 1.82) is 0 Å². The van der Waals surface area contributed by atoms with Crippen LogP contribution in [0.4, 0.5) is 4.39 Å². The smallest absolute Gasteiger partial charge is 0.305 e. The maximum atomic E-state index is 13.5. The molecule has 0 saturated heterocycles. The van der Waals surface area contributed by atoms with Gasteiger partial charge in [-0.1, -0.05) is 48.5 Å². The van der Waals surface area contributed by atoms with Gasteiger partial charge >= 0.3 is 5.97 Å². The minimum atomic E-state index is -1.07. The van der Waals surface area contributed by atoms with Gasteiger partial charge in [0.25, 0.3) is 0 Å². The predicted molar refractivity (Wildman–Crippen MR) is 137 cm³/mol. The zero-order valence-electron chi connectivity index (χ0n) is 20.0. The standard InChI is InChI=1S/C28H27FN4O4/c29-21-6-3-5-20(15-21)18-11-13-19(14-12-18)24(16-28(36)37)33-27(35)17-30-26(34)10-4-9-25-31-22-7-1-2-8-23(22)32-25/h1-3,5-8,11-15,24H,4,9-10,16-17H2,(H,30,34)(H,31,32)(H,33,35)(H,36,37). The summed E-state index contributed by atoms with van der Waals surface area (Å²) in [7, 11) is 0. The van der Waals surface area contributed by atoms with Gasteiger partial charge in [0.05, 0.1) is 30.0 Å². The van der Waals surface area contributed by atoms with E-state index in [1.54, 1.807) is 36.4 Å². The highest BCUT2D eigenvalue weighted by molar-refractivity contribution is 5.85. The third kappa shape index (κ3) is 7.23. The second-order valence-electron chi connectivity index (χ2n) is 8.68. The summed E-state index contributed by atoms with van der Waals surface area (Å²) in [5.74, 6) is -1.40. The highest BCUT2D eigenvalue weighted by Crippen LogP contribution is 2.24. The molecule has 190 valence electrons. The Labute approximate surface area is 212 Å². The van der Waals surface area contributed by atoms with Crippen molar-refractivity contribution in [3.63, 3.8) is 0 Å². The second kappa shape index (κ2) is 11.9. The van der Waals surface area contributed by atoms with Gasteiger partial charge in [-0.3, -0.25) is 14.4 Å². The molecule has 0 radical (unpaired) electrons. The summed E-state index contributed by atoms with van der Waals surface area (Å²) < 4.78 is 13.5. The van der Waals surface area contributed by atoms with Crippen molar-refractivity contribution >= 4 is 28.8 Å².